The highest BCUT2D eigenvalue weighted by atomic mass is 16.6. The van der Waals surface area contributed by atoms with Crippen LogP contribution in [0.1, 0.15) is 36.5 Å². The maximum atomic E-state index is 11.6. The van der Waals surface area contributed by atoms with Crippen LogP contribution in [-0.4, -0.2) is 25.7 Å². The standard InChI is InChI=1S/C15H19O5/c1-4-6-7-14(16)20-12-9-8-11(10-13(12)18-3)15(17)19-5-2/h8-10H,1,4-7H2,2-3H3. The zero-order chi connectivity index (χ0) is 15.0. The second-order valence-electron chi connectivity index (χ2n) is 4.02. The maximum Gasteiger partial charge on any atom is 0.338 e. The minimum atomic E-state index is -0.444. The molecule has 0 saturated heterocycles. The molecule has 0 aromatic heterocycles. The van der Waals surface area contributed by atoms with Gasteiger partial charge >= 0.3 is 11.9 Å². The van der Waals surface area contributed by atoms with E-state index in [0.717, 1.165) is 0 Å². The van der Waals surface area contributed by atoms with E-state index in [1.165, 1.54) is 25.3 Å². The third-order valence-electron chi connectivity index (χ3n) is 2.53. The molecule has 0 fully saturated rings. The summed E-state index contributed by atoms with van der Waals surface area (Å²) in [5.74, 6) is -0.190. The smallest absolute Gasteiger partial charge is 0.338 e. The Labute approximate surface area is 118 Å². The van der Waals surface area contributed by atoms with Gasteiger partial charge in [0.1, 0.15) is 0 Å². The molecule has 1 rings (SSSR count). The Morgan fingerprint density at radius 2 is 2.00 bits per heavy atom. The van der Waals surface area contributed by atoms with Gasteiger partial charge in [0, 0.05) is 6.42 Å². The number of benzene rings is 1. The quantitative estimate of drug-likeness (QED) is 0.567. The highest BCUT2D eigenvalue weighted by Gasteiger charge is 2.14. The van der Waals surface area contributed by atoms with Crippen molar-refractivity contribution in [2.75, 3.05) is 13.7 Å². The predicted molar refractivity (Wildman–Crippen MR) is 73.8 cm³/mol. The first kappa shape index (κ1) is 16.0. The summed E-state index contributed by atoms with van der Waals surface area (Å²) in [7, 11) is 1.44. The lowest BCUT2D eigenvalue weighted by Crippen LogP contribution is -2.09. The SMILES string of the molecule is [CH2]CCCC(=O)Oc1ccc(C(=O)OCC)cc1OC. The molecule has 0 saturated carbocycles. The van der Waals surface area contributed by atoms with Crippen LogP contribution >= 0.6 is 0 Å². The van der Waals surface area contributed by atoms with Gasteiger partial charge in [-0.1, -0.05) is 13.3 Å². The van der Waals surface area contributed by atoms with Gasteiger partial charge < -0.3 is 14.2 Å². The second kappa shape index (κ2) is 8.19. The van der Waals surface area contributed by atoms with Crippen molar-refractivity contribution in [3.8, 4) is 11.5 Å². The molecule has 0 amide bonds. The lowest BCUT2D eigenvalue weighted by Gasteiger charge is -2.10. The number of rotatable bonds is 7. The summed E-state index contributed by atoms with van der Waals surface area (Å²) in [5, 5.41) is 0. The van der Waals surface area contributed by atoms with Crippen molar-refractivity contribution in [2.45, 2.75) is 26.2 Å². The monoisotopic (exact) mass is 279 g/mol. The summed E-state index contributed by atoms with van der Waals surface area (Å²) in [5.41, 5.74) is 0.348. The third kappa shape index (κ3) is 4.57. The van der Waals surface area contributed by atoms with Crippen LogP contribution in [0.4, 0.5) is 0 Å². The molecule has 1 aromatic rings. The average Bonchev–Trinajstić information content (AvgIpc) is 2.45. The van der Waals surface area contributed by atoms with Crippen LogP contribution in [0, 0.1) is 6.92 Å². The second-order valence-corrected chi connectivity index (χ2v) is 4.02. The van der Waals surface area contributed by atoms with Gasteiger partial charge in [-0.25, -0.2) is 4.79 Å². The van der Waals surface area contributed by atoms with E-state index in [9.17, 15) is 9.59 Å². The summed E-state index contributed by atoms with van der Waals surface area (Å²) in [6.45, 7) is 5.69. The van der Waals surface area contributed by atoms with Crippen molar-refractivity contribution in [1.29, 1.82) is 0 Å². The summed E-state index contributed by atoms with van der Waals surface area (Å²) in [6, 6.07) is 4.54. The van der Waals surface area contributed by atoms with Crippen LogP contribution in [0.15, 0.2) is 18.2 Å². The van der Waals surface area contributed by atoms with Gasteiger partial charge in [0.25, 0.3) is 0 Å². The van der Waals surface area contributed by atoms with Crippen LogP contribution in [0.3, 0.4) is 0 Å². The van der Waals surface area contributed by atoms with E-state index in [1.54, 1.807) is 6.92 Å². The average molecular weight is 279 g/mol. The van der Waals surface area contributed by atoms with Crippen LogP contribution < -0.4 is 9.47 Å². The Hall–Kier alpha value is -2.04. The normalized spacial score (nSPS) is 9.95. The molecule has 0 N–H and O–H groups in total. The molecular weight excluding hydrogens is 260 g/mol. The van der Waals surface area contributed by atoms with Crippen molar-refractivity contribution >= 4 is 11.9 Å². The Morgan fingerprint density at radius 3 is 2.60 bits per heavy atom. The van der Waals surface area contributed by atoms with E-state index < -0.39 is 5.97 Å². The molecule has 0 spiro atoms. The first-order valence-corrected chi connectivity index (χ1v) is 6.47. The number of unbranched alkanes of at least 4 members (excludes halogenated alkanes) is 1. The van der Waals surface area contributed by atoms with E-state index in [1.807, 2.05) is 0 Å². The summed E-state index contributed by atoms with van der Waals surface area (Å²) in [4.78, 5) is 23.2. The van der Waals surface area contributed by atoms with E-state index in [-0.39, 0.29) is 11.7 Å². The molecule has 0 aliphatic carbocycles. The van der Waals surface area contributed by atoms with Gasteiger partial charge in [0.2, 0.25) is 0 Å². The fourth-order valence-corrected chi connectivity index (χ4v) is 1.54. The highest BCUT2D eigenvalue weighted by molar-refractivity contribution is 5.90. The predicted octanol–water partition coefficient (Wildman–Crippen LogP) is 2.78. The molecule has 5 nitrogen and oxygen atoms in total. The minimum Gasteiger partial charge on any atom is -0.493 e. The van der Waals surface area contributed by atoms with Crippen molar-refractivity contribution in [2.24, 2.45) is 0 Å². The number of methoxy groups -OCH3 is 1. The Kier molecular flexibility index (Phi) is 6.56. The Balaban J connectivity index is 2.82. The first-order valence-electron chi connectivity index (χ1n) is 6.47. The number of hydrogen-bond acceptors (Lipinski definition) is 5. The van der Waals surface area contributed by atoms with E-state index in [4.69, 9.17) is 14.2 Å². The highest BCUT2D eigenvalue weighted by Crippen LogP contribution is 2.28. The van der Waals surface area contributed by atoms with E-state index in [0.29, 0.717) is 37.2 Å². The number of hydrogen-bond donors (Lipinski definition) is 0. The fourth-order valence-electron chi connectivity index (χ4n) is 1.54. The molecule has 109 valence electrons. The van der Waals surface area contributed by atoms with E-state index >= 15 is 0 Å². The topological polar surface area (TPSA) is 61.8 Å². The molecule has 0 unspecified atom stereocenters. The summed E-state index contributed by atoms with van der Waals surface area (Å²) in [6.07, 6.45) is 1.64. The zero-order valence-electron chi connectivity index (χ0n) is 11.8. The molecule has 1 radical (unpaired) electrons. The minimum absolute atomic E-state index is 0.287. The molecule has 1 aromatic carbocycles. The number of carbonyl (C=O) groups excluding carboxylic acids is 2. The largest absolute Gasteiger partial charge is 0.493 e. The van der Waals surface area contributed by atoms with Gasteiger partial charge in [-0.05, 0) is 31.5 Å². The van der Waals surface area contributed by atoms with Crippen molar-refractivity contribution in [3.05, 3.63) is 30.7 Å². The molecule has 5 heteroatoms. The molecule has 0 atom stereocenters. The fraction of sp³-hybridized carbons (Fsp3) is 0.400. The third-order valence-corrected chi connectivity index (χ3v) is 2.53. The Bertz CT molecular complexity index is 467. The zero-order valence-corrected chi connectivity index (χ0v) is 11.8. The van der Waals surface area contributed by atoms with E-state index in [2.05, 4.69) is 6.92 Å². The molecule has 0 aliphatic heterocycles. The van der Waals surface area contributed by atoms with Crippen LogP contribution in [0.5, 0.6) is 11.5 Å². The molecule has 0 aliphatic rings. The van der Waals surface area contributed by atoms with Crippen molar-refractivity contribution < 1.29 is 23.8 Å². The molecule has 0 bridgehead atoms. The van der Waals surface area contributed by atoms with Gasteiger partial charge in [0.05, 0.1) is 19.3 Å². The molecular formula is C15H19O5. The van der Waals surface area contributed by atoms with Crippen LogP contribution in [0.25, 0.3) is 0 Å². The van der Waals surface area contributed by atoms with Gasteiger partial charge in [-0.15, -0.1) is 0 Å². The summed E-state index contributed by atoms with van der Waals surface area (Å²) >= 11 is 0. The Morgan fingerprint density at radius 1 is 1.25 bits per heavy atom. The maximum absolute atomic E-state index is 11.6. The number of ether oxygens (including phenoxy) is 3. The summed E-state index contributed by atoms with van der Waals surface area (Å²) < 4.78 is 15.2. The lowest BCUT2D eigenvalue weighted by molar-refractivity contribution is -0.134. The first-order chi connectivity index (χ1) is 9.62. The lowest BCUT2D eigenvalue weighted by atomic mass is 10.2. The molecule has 0 heterocycles. The van der Waals surface area contributed by atoms with Gasteiger partial charge in [0.15, 0.2) is 11.5 Å². The van der Waals surface area contributed by atoms with Gasteiger partial charge in [-0.2, -0.15) is 0 Å². The van der Waals surface area contributed by atoms with Gasteiger partial charge in [-0.3, -0.25) is 4.79 Å². The van der Waals surface area contributed by atoms with Crippen LogP contribution in [-0.2, 0) is 9.53 Å². The van der Waals surface area contributed by atoms with Crippen molar-refractivity contribution in [1.82, 2.24) is 0 Å². The molecule has 20 heavy (non-hydrogen) atoms. The number of esters is 2. The number of carbonyl (C=O) groups is 2. The van der Waals surface area contributed by atoms with Crippen molar-refractivity contribution in [3.63, 3.8) is 0 Å². The van der Waals surface area contributed by atoms with Crippen LogP contribution in [0.2, 0.25) is 0 Å².